The molecule has 1 aliphatic heterocycles. The first-order valence-corrected chi connectivity index (χ1v) is 14.4. The molecule has 4 aromatic carbocycles. The van der Waals surface area contributed by atoms with Crippen molar-refractivity contribution in [3.8, 4) is 0 Å². The van der Waals surface area contributed by atoms with Gasteiger partial charge in [-0.15, -0.1) is 0 Å². The standard InChI is InChI=1S/C35H36N2O6/c38-19-17-36-31-13-5-27(6-14-31)33(40)23-25-1-9-29(10-2-25)35(42-21-22-43-35)30-11-3-26(4-12-30)24-34(41)28-7-15-32(16-8-28)37-18-20-39/h1-16,36-39H,17-24H2. The number of aliphatic hydroxyl groups excluding tert-OH is 2. The molecule has 1 aliphatic rings. The number of hydrogen-bond donors (Lipinski definition) is 4. The first-order valence-electron chi connectivity index (χ1n) is 14.4. The van der Waals surface area contributed by atoms with E-state index in [0.29, 0.717) is 37.4 Å². The molecule has 0 atom stereocenters. The van der Waals surface area contributed by atoms with Gasteiger partial charge in [-0.05, 0) is 59.7 Å². The van der Waals surface area contributed by atoms with E-state index in [-0.39, 0.29) is 37.6 Å². The van der Waals surface area contributed by atoms with Crippen LogP contribution in [0.3, 0.4) is 0 Å². The molecule has 5 rings (SSSR count). The highest BCUT2D eigenvalue weighted by atomic mass is 16.7. The highest BCUT2D eigenvalue weighted by Crippen LogP contribution is 2.38. The molecule has 0 aliphatic carbocycles. The molecule has 43 heavy (non-hydrogen) atoms. The van der Waals surface area contributed by atoms with Gasteiger partial charge in [-0.2, -0.15) is 0 Å². The topological polar surface area (TPSA) is 117 Å². The summed E-state index contributed by atoms with van der Waals surface area (Å²) >= 11 is 0. The number of nitrogens with one attached hydrogen (secondary N) is 2. The predicted octanol–water partition coefficient (Wildman–Crippen LogP) is 4.59. The number of rotatable bonds is 14. The average molecular weight is 581 g/mol. The van der Waals surface area contributed by atoms with Crippen molar-refractivity contribution < 1.29 is 29.3 Å². The van der Waals surface area contributed by atoms with Gasteiger partial charge in [0.1, 0.15) is 0 Å². The molecule has 0 unspecified atom stereocenters. The second-order valence-electron chi connectivity index (χ2n) is 10.4. The summed E-state index contributed by atoms with van der Waals surface area (Å²) in [5, 5.41) is 24.1. The fourth-order valence-corrected chi connectivity index (χ4v) is 5.12. The second kappa shape index (κ2) is 14.2. The molecule has 0 saturated carbocycles. The van der Waals surface area contributed by atoms with E-state index in [1.165, 1.54) is 0 Å². The van der Waals surface area contributed by atoms with Crippen LogP contribution in [0, 0.1) is 0 Å². The smallest absolute Gasteiger partial charge is 0.222 e. The number of aliphatic hydroxyl groups is 2. The Kier molecular flexibility index (Phi) is 9.96. The summed E-state index contributed by atoms with van der Waals surface area (Å²) in [6.07, 6.45) is 0.534. The van der Waals surface area contributed by atoms with Crippen molar-refractivity contribution in [2.75, 3.05) is 50.2 Å². The summed E-state index contributed by atoms with van der Waals surface area (Å²) in [7, 11) is 0. The second-order valence-corrected chi connectivity index (χ2v) is 10.4. The lowest BCUT2D eigenvalue weighted by Gasteiger charge is -2.28. The first-order chi connectivity index (χ1) is 21.0. The number of ether oxygens (including phenoxy) is 2. The van der Waals surface area contributed by atoms with Gasteiger partial charge in [-0.3, -0.25) is 9.59 Å². The van der Waals surface area contributed by atoms with Crippen molar-refractivity contribution in [1.29, 1.82) is 0 Å². The third kappa shape index (κ3) is 7.36. The van der Waals surface area contributed by atoms with Crippen LogP contribution in [0.5, 0.6) is 0 Å². The lowest BCUT2D eigenvalue weighted by atomic mass is 9.93. The van der Waals surface area contributed by atoms with Gasteiger partial charge in [-0.1, -0.05) is 48.5 Å². The number of carbonyl (C=O) groups is 2. The Morgan fingerprint density at radius 2 is 0.953 bits per heavy atom. The summed E-state index contributed by atoms with van der Waals surface area (Å²) in [6, 6.07) is 29.9. The van der Waals surface area contributed by atoms with Crippen LogP contribution in [0.15, 0.2) is 97.1 Å². The number of benzene rings is 4. The van der Waals surface area contributed by atoms with Crippen LogP contribution in [0.25, 0.3) is 0 Å². The van der Waals surface area contributed by atoms with E-state index in [4.69, 9.17) is 19.7 Å². The van der Waals surface area contributed by atoms with E-state index in [0.717, 1.165) is 33.6 Å². The third-order valence-corrected chi connectivity index (χ3v) is 7.39. The summed E-state index contributed by atoms with van der Waals surface area (Å²) in [6.45, 7) is 1.91. The van der Waals surface area contributed by atoms with E-state index in [1.54, 1.807) is 24.3 Å². The Morgan fingerprint density at radius 3 is 1.30 bits per heavy atom. The molecular formula is C35H36N2O6. The number of ketones is 2. The van der Waals surface area contributed by atoms with Crippen molar-refractivity contribution >= 4 is 22.9 Å². The summed E-state index contributed by atoms with van der Waals surface area (Å²) in [4.78, 5) is 25.7. The van der Waals surface area contributed by atoms with E-state index >= 15 is 0 Å². The largest absolute Gasteiger partial charge is 0.395 e. The van der Waals surface area contributed by atoms with Gasteiger partial charge in [0, 0.05) is 59.6 Å². The van der Waals surface area contributed by atoms with Crippen LogP contribution >= 0.6 is 0 Å². The van der Waals surface area contributed by atoms with E-state index in [9.17, 15) is 9.59 Å². The highest BCUT2D eigenvalue weighted by Gasteiger charge is 2.40. The summed E-state index contributed by atoms with van der Waals surface area (Å²) in [5.41, 5.74) is 6.40. The minimum Gasteiger partial charge on any atom is -0.395 e. The van der Waals surface area contributed by atoms with Crippen LogP contribution in [0.4, 0.5) is 11.4 Å². The van der Waals surface area contributed by atoms with Crippen molar-refractivity contribution in [3.63, 3.8) is 0 Å². The number of carbonyl (C=O) groups excluding carboxylic acids is 2. The van der Waals surface area contributed by atoms with Gasteiger partial charge in [0.2, 0.25) is 5.79 Å². The van der Waals surface area contributed by atoms with Crippen LogP contribution in [0.1, 0.15) is 43.0 Å². The highest BCUT2D eigenvalue weighted by molar-refractivity contribution is 5.98. The SMILES string of the molecule is O=C(Cc1ccc(C2(c3ccc(CC(=O)c4ccc(NCCO)cc4)cc3)OCCO2)cc1)c1ccc(NCCO)cc1. The van der Waals surface area contributed by atoms with Gasteiger partial charge >= 0.3 is 0 Å². The number of Topliss-reactive ketones (excluding diaryl/α,β-unsaturated/α-hetero) is 2. The monoisotopic (exact) mass is 580 g/mol. The minimum atomic E-state index is -1.06. The molecule has 0 amide bonds. The maximum atomic E-state index is 12.9. The molecule has 0 radical (unpaired) electrons. The number of anilines is 2. The fraction of sp³-hybridized carbons (Fsp3) is 0.257. The van der Waals surface area contributed by atoms with Gasteiger partial charge in [0.15, 0.2) is 11.6 Å². The molecule has 0 bridgehead atoms. The van der Waals surface area contributed by atoms with Crippen LogP contribution in [-0.4, -0.2) is 61.3 Å². The van der Waals surface area contributed by atoms with E-state index < -0.39 is 5.79 Å². The maximum Gasteiger partial charge on any atom is 0.222 e. The Morgan fingerprint density at radius 1 is 0.581 bits per heavy atom. The van der Waals surface area contributed by atoms with Gasteiger partial charge < -0.3 is 30.3 Å². The molecule has 8 nitrogen and oxygen atoms in total. The zero-order valence-electron chi connectivity index (χ0n) is 23.9. The fourth-order valence-electron chi connectivity index (χ4n) is 5.12. The molecule has 222 valence electrons. The zero-order chi connectivity index (χ0) is 30.1. The Hall–Kier alpha value is -4.34. The van der Waals surface area contributed by atoms with Crippen LogP contribution < -0.4 is 10.6 Å². The normalized spacial score (nSPS) is 13.9. The minimum absolute atomic E-state index is 0.0176. The van der Waals surface area contributed by atoms with Crippen molar-refractivity contribution in [3.05, 3.63) is 130 Å². The molecule has 1 saturated heterocycles. The first kappa shape index (κ1) is 30.1. The number of hydrogen-bond acceptors (Lipinski definition) is 8. The van der Waals surface area contributed by atoms with Crippen LogP contribution in [-0.2, 0) is 28.1 Å². The quantitative estimate of drug-likeness (QED) is 0.160. The summed E-state index contributed by atoms with van der Waals surface area (Å²) < 4.78 is 12.3. The van der Waals surface area contributed by atoms with E-state index in [1.807, 2.05) is 72.8 Å². The van der Waals surface area contributed by atoms with Crippen molar-refractivity contribution in [2.24, 2.45) is 0 Å². The molecule has 1 fully saturated rings. The van der Waals surface area contributed by atoms with Gasteiger partial charge in [0.25, 0.3) is 0 Å². The van der Waals surface area contributed by atoms with Crippen molar-refractivity contribution in [2.45, 2.75) is 18.6 Å². The molecule has 0 aromatic heterocycles. The van der Waals surface area contributed by atoms with Crippen molar-refractivity contribution in [1.82, 2.24) is 0 Å². The molecule has 4 aromatic rings. The average Bonchev–Trinajstić information content (AvgIpc) is 3.55. The Labute approximate surface area is 251 Å². The molecule has 4 N–H and O–H groups in total. The van der Waals surface area contributed by atoms with Gasteiger partial charge in [-0.25, -0.2) is 0 Å². The lowest BCUT2D eigenvalue weighted by Crippen LogP contribution is -2.28. The summed E-state index contributed by atoms with van der Waals surface area (Å²) in [5.74, 6) is -1.02. The molecule has 8 heteroatoms. The third-order valence-electron chi connectivity index (χ3n) is 7.39. The Balaban J connectivity index is 1.24. The molecule has 1 heterocycles. The lowest BCUT2D eigenvalue weighted by molar-refractivity contribution is -0.129. The van der Waals surface area contributed by atoms with Gasteiger partial charge in [0.05, 0.1) is 26.4 Å². The Bertz CT molecular complexity index is 1380. The zero-order valence-corrected chi connectivity index (χ0v) is 23.9. The molecule has 0 spiro atoms. The molecular weight excluding hydrogens is 544 g/mol. The van der Waals surface area contributed by atoms with E-state index in [2.05, 4.69) is 10.6 Å². The maximum absolute atomic E-state index is 12.9. The van der Waals surface area contributed by atoms with Crippen LogP contribution in [0.2, 0.25) is 0 Å². The predicted molar refractivity (Wildman–Crippen MR) is 166 cm³/mol.